The van der Waals surface area contributed by atoms with Crippen molar-refractivity contribution in [2.75, 3.05) is 20.8 Å². The Morgan fingerprint density at radius 1 is 0.700 bits per heavy atom. The molecule has 0 aliphatic rings. The number of amides is 4. The molecule has 3 rings (SSSR count). The molecule has 3 aromatic rings. The van der Waals surface area contributed by atoms with Crippen LogP contribution in [0.2, 0.25) is 0 Å². The lowest BCUT2D eigenvalue weighted by Crippen LogP contribution is -2.58. The number of aromatic nitrogens is 1. The van der Waals surface area contributed by atoms with E-state index < -0.39 is 41.0 Å². The van der Waals surface area contributed by atoms with Crippen molar-refractivity contribution in [3.63, 3.8) is 0 Å². The van der Waals surface area contributed by atoms with Gasteiger partial charge in [0.25, 0.3) is 5.91 Å². The monoisotopic (exact) mass is 688 g/mol. The third kappa shape index (κ3) is 12.5. The Bertz CT molecular complexity index is 1540. The molecular weight excluding hydrogens is 636 g/mol. The number of ether oxygens (including phenoxy) is 2. The van der Waals surface area contributed by atoms with Crippen molar-refractivity contribution in [1.82, 2.24) is 31.4 Å². The summed E-state index contributed by atoms with van der Waals surface area (Å²) in [4.78, 5) is 56.3. The van der Waals surface area contributed by atoms with Gasteiger partial charge in [0.15, 0.2) is 0 Å². The highest BCUT2D eigenvalue weighted by atomic mass is 16.5. The number of carbonyl (C=O) groups is 4. The SMILES string of the molecule is COC(=O)N[C@H](C(=O)N[C@H](CCN(Cc1ccc(-c2ccccn2)cc1)NC(=O)[C@@H](NC(=O)OC)C(C)(C)C)Cc1ccccc1)C(C)(C)C. The van der Waals surface area contributed by atoms with Gasteiger partial charge in [-0.05, 0) is 46.9 Å². The highest BCUT2D eigenvalue weighted by Crippen LogP contribution is 2.22. The van der Waals surface area contributed by atoms with Crippen molar-refractivity contribution in [2.24, 2.45) is 10.8 Å². The summed E-state index contributed by atoms with van der Waals surface area (Å²) in [5, 5.41) is 10.3. The number of hydrogen-bond donors (Lipinski definition) is 4. The van der Waals surface area contributed by atoms with E-state index in [1.807, 2.05) is 114 Å². The van der Waals surface area contributed by atoms with Crippen LogP contribution in [0.4, 0.5) is 9.59 Å². The summed E-state index contributed by atoms with van der Waals surface area (Å²) in [6, 6.07) is 21.3. The van der Waals surface area contributed by atoms with Gasteiger partial charge in [-0.2, -0.15) is 0 Å². The minimum Gasteiger partial charge on any atom is -0.453 e. The normalized spacial score (nSPS) is 13.4. The van der Waals surface area contributed by atoms with Crippen molar-refractivity contribution >= 4 is 24.0 Å². The van der Waals surface area contributed by atoms with Crippen LogP contribution >= 0.6 is 0 Å². The Hall–Kier alpha value is -4.97. The van der Waals surface area contributed by atoms with Gasteiger partial charge < -0.3 is 25.4 Å². The summed E-state index contributed by atoms with van der Waals surface area (Å²) < 4.78 is 9.59. The van der Waals surface area contributed by atoms with E-state index in [9.17, 15) is 19.2 Å². The van der Waals surface area contributed by atoms with Crippen LogP contribution in [0.3, 0.4) is 0 Å². The van der Waals surface area contributed by atoms with Gasteiger partial charge in [-0.1, -0.05) is 102 Å². The standard InChI is InChI=1S/C38H52N6O6/c1-37(2,3)31(41-35(47)49-7)33(45)40-29(24-26-14-10-9-11-15-26)21-23-44(43-34(46)32(38(4,5)6)42-36(48)50-8)25-27-17-19-28(20-18-27)30-16-12-13-22-39-30/h9-20,22,29,31-32H,21,23-25H2,1-8H3,(H,40,45)(H,41,47)(H,42,48)(H,43,46)/t29-,31-,32-/m1/s1. The molecule has 0 saturated heterocycles. The molecule has 270 valence electrons. The van der Waals surface area contributed by atoms with Crippen LogP contribution in [-0.4, -0.2) is 72.9 Å². The average Bonchev–Trinajstić information content (AvgIpc) is 3.08. The third-order valence-corrected chi connectivity index (χ3v) is 8.13. The van der Waals surface area contributed by atoms with Gasteiger partial charge in [0.05, 0.1) is 19.9 Å². The molecule has 0 unspecified atom stereocenters. The van der Waals surface area contributed by atoms with E-state index in [0.717, 1.165) is 22.4 Å². The maximum Gasteiger partial charge on any atom is 0.407 e. The van der Waals surface area contributed by atoms with Crippen LogP contribution in [0.1, 0.15) is 59.1 Å². The number of nitrogens with zero attached hydrogens (tertiary/aromatic N) is 2. The van der Waals surface area contributed by atoms with Crippen LogP contribution in [-0.2, 0) is 32.0 Å². The number of pyridine rings is 1. The highest BCUT2D eigenvalue weighted by Gasteiger charge is 2.36. The Kier molecular flexibility index (Phi) is 14.3. The highest BCUT2D eigenvalue weighted by molar-refractivity contribution is 5.87. The van der Waals surface area contributed by atoms with Crippen molar-refractivity contribution in [3.8, 4) is 11.3 Å². The zero-order valence-electron chi connectivity index (χ0n) is 30.4. The molecule has 0 bridgehead atoms. The van der Waals surface area contributed by atoms with Gasteiger partial charge in [0, 0.05) is 30.9 Å². The molecule has 4 N–H and O–H groups in total. The molecule has 2 aromatic carbocycles. The van der Waals surface area contributed by atoms with E-state index in [1.165, 1.54) is 14.2 Å². The summed E-state index contributed by atoms with van der Waals surface area (Å²) in [5.74, 6) is -0.758. The minimum atomic E-state index is -0.902. The minimum absolute atomic E-state index is 0.337. The molecular formula is C38H52N6O6. The van der Waals surface area contributed by atoms with Crippen LogP contribution < -0.4 is 21.4 Å². The van der Waals surface area contributed by atoms with Gasteiger partial charge in [0.2, 0.25) is 5.91 Å². The Morgan fingerprint density at radius 2 is 1.26 bits per heavy atom. The fraction of sp³-hybridized carbons (Fsp3) is 0.447. The van der Waals surface area contributed by atoms with Crippen LogP contribution in [0.5, 0.6) is 0 Å². The first-order valence-corrected chi connectivity index (χ1v) is 16.7. The fourth-order valence-electron chi connectivity index (χ4n) is 5.35. The van der Waals surface area contributed by atoms with E-state index in [-0.39, 0.29) is 11.9 Å². The number of hydrazine groups is 1. The van der Waals surface area contributed by atoms with Gasteiger partial charge in [-0.25, -0.2) is 14.6 Å². The van der Waals surface area contributed by atoms with E-state index >= 15 is 0 Å². The zero-order valence-corrected chi connectivity index (χ0v) is 30.4. The molecule has 0 aliphatic heterocycles. The van der Waals surface area contributed by atoms with Gasteiger partial charge in [-0.3, -0.25) is 20.0 Å². The number of hydrogen-bond acceptors (Lipinski definition) is 8. The van der Waals surface area contributed by atoms with Crippen molar-refractivity contribution in [3.05, 3.63) is 90.1 Å². The molecule has 1 aromatic heterocycles. The number of alkyl carbamates (subject to hydrolysis) is 2. The first-order chi connectivity index (χ1) is 23.6. The number of carbonyl (C=O) groups excluding carboxylic acids is 4. The van der Waals surface area contributed by atoms with Crippen molar-refractivity contribution in [2.45, 2.75) is 79.1 Å². The quantitative estimate of drug-likeness (QED) is 0.168. The van der Waals surface area contributed by atoms with Crippen LogP contribution in [0, 0.1) is 10.8 Å². The van der Waals surface area contributed by atoms with Crippen LogP contribution in [0.15, 0.2) is 79.0 Å². The molecule has 0 fully saturated rings. The summed E-state index contributed by atoms with van der Waals surface area (Å²) in [6.45, 7) is 11.8. The van der Waals surface area contributed by atoms with Crippen LogP contribution in [0.25, 0.3) is 11.3 Å². The zero-order chi connectivity index (χ0) is 36.9. The van der Waals surface area contributed by atoms with E-state index in [1.54, 1.807) is 11.2 Å². The van der Waals surface area contributed by atoms with Gasteiger partial charge in [0.1, 0.15) is 12.1 Å². The maximum absolute atomic E-state index is 13.8. The maximum atomic E-state index is 13.8. The lowest BCUT2D eigenvalue weighted by Gasteiger charge is -2.34. The Morgan fingerprint density at radius 3 is 1.78 bits per heavy atom. The second-order valence-electron chi connectivity index (χ2n) is 14.4. The number of rotatable bonds is 14. The predicted molar refractivity (Wildman–Crippen MR) is 192 cm³/mol. The molecule has 0 aliphatic carbocycles. The molecule has 4 amide bonds. The average molecular weight is 689 g/mol. The summed E-state index contributed by atoms with van der Waals surface area (Å²) in [5.41, 5.74) is 5.54. The second kappa shape index (κ2) is 18.1. The largest absolute Gasteiger partial charge is 0.453 e. The summed E-state index contributed by atoms with van der Waals surface area (Å²) in [6.07, 6.45) is 1.28. The summed E-state index contributed by atoms with van der Waals surface area (Å²) >= 11 is 0. The third-order valence-electron chi connectivity index (χ3n) is 8.13. The molecule has 0 saturated carbocycles. The van der Waals surface area contributed by atoms with Gasteiger partial charge >= 0.3 is 12.2 Å². The fourth-order valence-corrected chi connectivity index (χ4v) is 5.35. The molecule has 0 spiro atoms. The Balaban J connectivity index is 1.90. The Labute approximate surface area is 295 Å². The van der Waals surface area contributed by atoms with Crippen molar-refractivity contribution in [1.29, 1.82) is 0 Å². The smallest absolute Gasteiger partial charge is 0.407 e. The summed E-state index contributed by atoms with van der Waals surface area (Å²) in [7, 11) is 2.51. The van der Waals surface area contributed by atoms with E-state index in [0.29, 0.717) is 25.9 Å². The lowest BCUT2D eigenvalue weighted by molar-refractivity contribution is -0.131. The number of methoxy groups -OCH3 is 2. The number of benzene rings is 2. The predicted octanol–water partition coefficient (Wildman–Crippen LogP) is 5.24. The molecule has 12 nitrogen and oxygen atoms in total. The molecule has 0 radical (unpaired) electrons. The van der Waals surface area contributed by atoms with E-state index in [2.05, 4.69) is 26.4 Å². The lowest BCUT2D eigenvalue weighted by atomic mass is 9.86. The first kappa shape index (κ1) is 39.5. The first-order valence-electron chi connectivity index (χ1n) is 16.7. The topological polar surface area (TPSA) is 151 Å². The molecule has 1 heterocycles. The molecule has 50 heavy (non-hydrogen) atoms. The molecule has 12 heteroatoms. The van der Waals surface area contributed by atoms with Gasteiger partial charge in [-0.15, -0.1) is 0 Å². The second-order valence-corrected chi connectivity index (χ2v) is 14.4. The molecule has 3 atom stereocenters. The van der Waals surface area contributed by atoms with Crippen molar-refractivity contribution < 1.29 is 28.7 Å². The van der Waals surface area contributed by atoms with E-state index in [4.69, 9.17) is 9.47 Å². The number of nitrogens with one attached hydrogen (secondary N) is 4.